The topological polar surface area (TPSA) is 48.6 Å². The molecule has 0 aromatic heterocycles. The number of hydrogen-bond donors (Lipinski definition) is 0. The molecule has 1 aromatic carbocycles. The van der Waals surface area contributed by atoms with Crippen molar-refractivity contribution in [2.45, 2.75) is 0 Å². The quantitative estimate of drug-likeness (QED) is 0.448. The van der Waals surface area contributed by atoms with E-state index in [2.05, 4.69) is 4.99 Å². The van der Waals surface area contributed by atoms with Crippen molar-refractivity contribution in [2.75, 3.05) is 25.3 Å². The summed E-state index contributed by atoms with van der Waals surface area (Å²) < 4.78 is 5.08. The first-order chi connectivity index (χ1) is 7.72. The van der Waals surface area contributed by atoms with E-state index < -0.39 is 0 Å². The lowest BCUT2D eigenvalue weighted by atomic mass is 10.3. The van der Waals surface area contributed by atoms with Gasteiger partial charge in [0.2, 0.25) is 6.19 Å². The third-order valence-electron chi connectivity index (χ3n) is 2.07. The van der Waals surface area contributed by atoms with Gasteiger partial charge in [-0.25, -0.2) is 0 Å². The molecule has 4 nitrogen and oxygen atoms in total. The van der Waals surface area contributed by atoms with E-state index in [-0.39, 0.29) is 0 Å². The van der Waals surface area contributed by atoms with Gasteiger partial charge in [0.05, 0.1) is 7.11 Å². The number of hydrogen-bond acceptors (Lipinski definition) is 4. The van der Waals surface area contributed by atoms with Crippen molar-refractivity contribution in [1.29, 1.82) is 5.26 Å². The minimum Gasteiger partial charge on any atom is -0.497 e. The number of rotatable bonds is 2. The molecule has 1 aromatic rings. The number of anilines is 1. The number of amidine groups is 1. The van der Waals surface area contributed by atoms with Crippen LogP contribution in [0.4, 0.5) is 5.69 Å². The minimum absolute atomic E-state index is 0.660. The van der Waals surface area contributed by atoms with E-state index in [4.69, 9.17) is 10.00 Å². The summed E-state index contributed by atoms with van der Waals surface area (Å²) in [6, 6.07) is 7.58. The molecule has 0 bridgehead atoms. The predicted octanol–water partition coefficient (Wildman–Crippen LogP) is 2.33. The van der Waals surface area contributed by atoms with Gasteiger partial charge in [-0.2, -0.15) is 5.26 Å². The van der Waals surface area contributed by atoms with Crippen molar-refractivity contribution in [2.24, 2.45) is 4.99 Å². The monoisotopic (exact) mass is 235 g/mol. The standard InChI is InChI=1S/C11H13N3OS/c1-14(11(16-3)13-8-12)9-4-6-10(15-2)7-5-9/h4-7H,1-3H3. The Bertz CT molecular complexity index is 408. The van der Waals surface area contributed by atoms with Crippen LogP contribution in [-0.2, 0) is 0 Å². The Labute approximate surface area is 99.5 Å². The molecule has 0 fully saturated rings. The first kappa shape index (κ1) is 12.4. The lowest BCUT2D eigenvalue weighted by molar-refractivity contribution is 0.415. The summed E-state index contributed by atoms with van der Waals surface area (Å²) in [5.41, 5.74) is 0.962. The molecule has 0 atom stereocenters. The molecule has 0 aliphatic rings. The first-order valence-electron chi connectivity index (χ1n) is 4.61. The molecule has 5 heteroatoms. The summed E-state index contributed by atoms with van der Waals surface area (Å²) in [5, 5.41) is 9.21. The van der Waals surface area contributed by atoms with Crippen LogP contribution < -0.4 is 9.64 Å². The van der Waals surface area contributed by atoms with E-state index in [0.29, 0.717) is 5.17 Å². The van der Waals surface area contributed by atoms with Crippen LogP contribution in [0.25, 0.3) is 0 Å². The second-order valence-corrected chi connectivity index (χ2v) is 3.73. The van der Waals surface area contributed by atoms with E-state index in [1.807, 2.05) is 42.5 Å². The van der Waals surface area contributed by atoms with Gasteiger partial charge in [-0.1, -0.05) is 11.8 Å². The van der Waals surface area contributed by atoms with Gasteiger partial charge in [0.25, 0.3) is 0 Å². The van der Waals surface area contributed by atoms with Gasteiger partial charge in [0.1, 0.15) is 5.75 Å². The SMILES string of the molecule is COc1ccc(N(C)C(=NC#N)SC)cc1. The molecule has 0 aliphatic heterocycles. The van der Waals surface area contributed by atoms with Gasteiger partial charge in [0.15, 0.2) is 5.17 Å². The van der Waals surface area contributed by atoms with Crippen molar-refractivity contribution in [1.82, 2.24) is 0 Å². The van der Waals surface area contributed by atoms with Crippen LogP contribution >= 0.6 is 11.8 Å². The number of thioether (sulfide) groups is 1. The van der Waals surface area contributed by atoms with Gasteiger partial charge in [0, 0.05) is 12.7 Å². The van der Waals surface area contributed by atoms with Crippen LogP contribution in [0.1, 0.15) is 0 Å². The Kier molecular flexibility index (Phi) is 4.67. The maximum Gasteiger partial charge on any atom is 0.208 e. The second kappa shape index (κ2) is 6.03. The Morgan fingerprint density at radius 3 is 2.50 bits per heavy atom. The van der Waals surface area contributed by atoms with E-state index >= 15 is 0 Å². The van der Waals surface area contributed by atoms with Crippen LogP contribution in [0.2, 0.25) is 0 Å². The highest BCUT2D eigenvalue weighted by molar-refractivity contribution is 8.13. The number of aliphatic imine (C=N–C) groups is 1. The average molecular weight is 235 g/mol. The largest absolute Gasteiger partial charge is 0.497 e. The zero-order valence-electron chi connectivity index (χ0n) is 9.47. The van der Waals surface area contributed by atoms with Crippen LogP contribution in [0.5, 0.6) is 5.75 Å². The molecule has 0 heterocycles. The molecule has 0 amide bonds. The molecule has 16 heavy (non-hydrogen) atoms. The fraction of sp³-hybridized carbons (Fsp3) is 0.273. The van der Waals surface area contributed by atoms with Crippen molar-refractivity contribution in [3.8, 4) is 11.9 Å². The molecule has 0 unspecified atom stereocenters. The third-order valence-corrected chi connectivity index (χ3v) is 2.81. The normalized spacial score (nSPS) is 10.8. The van der Waals surface area contributed by atoms with Gasteiger partial charge >= 0.3 is 0 Å². The summed E-state index contributed by atoms with van der Waals surface area (Å²) in [6.07, 6.45) is 3.68. The van der Waals surface area contributed by atoms with Gasteiger partial charge in [-0.3, -0.25) is 0 Å². The van der Waals surface area contributed by atoms with E-state index in [1.54, 1.807) is 13.3 Å². The Morgan fingerprint density at radius 2 is 2.06 bits per heavy atom. The van der Waals surface area contributed by atoms with Crippen molar-refractivity contribution < 1.29 is 4.74 Å². The summed E-state index contributed by atoms with van der Waals surface area (Å²) >= 11 is 1.43. The predicted molar refractivity (Wildman–Crippen MR) is 68.0 cm³/mol. The maximum absolute atomic E-state index is 8.55. The second-order valence-electron chi connectivity index (χ2n) is 2.96. The Hall–Kier alpha value is -1.67. The highest BCUT2D eigenvalue weighted by Crippen LogP contribution is 2.20. The molecule has 0 spiro atoms. The number of methoxy groups -OCH3 is 1. The smallest absolute Gasteiger partial charge is 0.208 e. The Balaban J connectivity index is 2.91. The van der Waals surface area contributed by atoms with Crippen LogP contribution in [0, 0.1) is 11.5 Å². The van der Waals surface area contributed by atoms with E-state index in [0.717, 1.165) is 11.4 Å². The maximum atomic E-state index is 8.55. The lowest BCUT2D eigenvalue weighted by Crippen LogP contribution is -2.22. The van der Waals surface area contributed by atoms with Crippen LogP contribution in [-0.4, -0.2) is 25.6 Å². The molecule has 0 radical (unpaired) electrons. The fourth-order valence-electron chi connectivity index (χ4n) is 1.22. The van der Waals surface area contributed by atoms with Gasteiger partial charge in [-0.05, 0) is 30.5 Å². The molecule has 0 saturated carbocycles. The number of nitrogens with zero attached hydrogens (tertiary/aromatic N) is 3. The molecule has 1 rings (SSSR count). The number of ether oxygens (including phenoxy) is 1. The van der Waals surface area contributed by atoms with Gasteiger partial charge in [-0.15, -0.1) is 4.99 Å². The molecule has 0 aliphatic carbocycles. The zero-order chi connectivity index (χ0) is 12.0. The zero-order valence-corrected chi connectivity index (χ0v) is 10.3. The molecular formula is C11H13N3OS. The lowest BCUT2D eigenvalue weighted by Gasteiger charge is -2.18. The minimum atomic E-state index is 0.660. The third kappa shape index (κ3) is 2.91. The summed E-state index contributed by atoms with van der Waals surface area (Å²) in [7, 11) is 3.50. The molecule has 0 saturated heterocycles. The van der Waals surface area contributed by atoms with Crippen molar-refractivity contribution in [3.05, 3.63) is 24.3 Å². The fourth-order valence-corrected chi connectivity index (χ4v) is 1.73. The highest BCUT2D eigenvalue weighted by atomic mass is 32.2. The number of benzene rings is 1. The van der Waals surface area contributed by atoms with E-state index in [1.165, 1.54) is 11.8 Å². The van der Waals surface area contributed by atoms with Crippen LogP contribution in [0.15, 0.2) is 29.3 Å². The van der Waals surface area contributed by atoms with Gasteiger partial charge < -0.3 is 9.64 Å². The summed E-state index contributed by atoms with van der Waals surface area (Å²) in [5.74, 6) is 0.806. The number of nitriles is 1. The van der Waals surface area contributed by atoms with Crippen LogP contribution in [0.3, 0.4) is 0 Å². The molecule has 0 N–H and O–H groups in total. The highest BCUT2D eigenvalue weighted by Gasteiger charge is 2.07. The summed E-state index contributed by atoms with van der Waals surface area (Å²) in [4.78, 5) is 5.60. The molecule has 84 valence electrons. The Morgan fingerprint density at radius 1 is 1.44 bits per heavy atom. The average Bonchev–Trinajstić information content (AvgIpc) is 2.35. The van der Waals surface area contributed by atoms with Crippen molar-refractivity contribution >= 4 is 22.6 Å². The van der Waals surface area contributed by atoms with E-state index in [9.17, 15) is 0 Å². The van der Waals surface area contributed by atoms with Crippen molar-refractivity contribution in [3.63, 3.8) is 0 Å². The molecular weight excluding hydrogens is 222 g/mol. The first-order valence-corrected chi connectivity index (χ1v) is 5.84. The summed E-state index contributed by atoms with van der Waals surface area (Å²) in [6.45, 7) is 0.